The van der Waals surface area contributed by atoms with Crippen molar-refractivity contribution in [2.24, 2.45) is 0 Å². The molecule has 6 heteroatoms. The van der Waals surface area contributed by atoms with Gasteiger partial charge in [-0.15, -0.1) is 0 Å². The van der Waals surface area contributed by atoms with Gasteiger partial charge in [-0.1, -0.05) is 0 Å². The molecule has 1 unspecified atom stereocenters. The summed E-state index contributed by atoms with van der Waals surface area (Å²) in [5, 5.41) is 2.60. The van der Waals surface area contributed by atoms with Gasteiger partial charge in [0.15, 0.2) is 23.3 Å². The van der Waals surface area contributed by atoms with Crippen molar-refractivity contribution in [3.63, 3.8) is 0 Å². The van der Waals surface area contributed by atoms with Crippen molar-refractivity contribution in [1.82, 2.24) is 4.98 Å². The van der Waals surface area contributed by atoms with Gasteiger partial charge >= 0.3 is 0 Å². The molecule has 1 saturated heterocycles. The number of hydrogen-bond acceptors (Lipinski definition) is 4. The number of nitrogens with one attached hydrogen (secondary N) is 1. The second-order valence-electron chi connectivity index (χ2n) is 3.97. The van der Waals surface area contributed by atoms with Gasteiger partial charge in [0.25, 0.3) is 0 Å². The Kier molecular flexibility index (Phi) is 3.42. The number of methoxy groups -OCH3 is 1. The zero-order valence-electron chi connectivity index (χ0n) is 9.83. The van der Waals surface area contributed by atoms with E-state index >= 15 is 0 Å². The molecule has 1 atom stereocenters. The van der Waals surface area contributed by atoms with Crippen LogP contribution in [-0.4, -0.2) is 38.3 Å². The Bertz CT molecular complexity index is 414. The molecule has 2 rings (SSSR count). The van der Waals surface area contributed by atoms with Crippen LogP contribution in [0, 0.1) is 11.6 Å². The third-order valence-electron chi connectivity index (χ3n) is 2.93. The van der Waals surface area contributed by atoms with E-state index in [-0.39, 0.29) is 17.7 Å². The van der Waals surface area contributed by atoms with Crippen molar-refractivity contribution < 1.29 is 13.5 Å². The maximum atomic E-state index is 13.6. The van der Waals surface area contributed by atoms with Crippen LogP contribution in [0.15, 0.2) is 6.07 Å². The quantitative estimate of drug-likeness (QED) is 0.875. The number of anilines is 2. The van der Waals surface area contributed by atoms with Crippen LogP contribution in [0.2, 0.25) is 0 Å². The van der Waals surface area contributed by atoms with E-state index in [1.165, 1.54) is 0 Å². The van der Waals surface area contributed by atoms with Gasteiger partial charge in [-0.25, -0.2) is 13.8 Å². The molecule has 4 nitrogen and oxygen atoms in total. The van der Waals surface area contributed by atoms with Gasteiger partial charge in [0.05, 0.1) is 6.10 Å². The van der Waals surface area contributed by atoms with Crippen LogP contribution in [-0.2, 0) is 4.74 Å². The van der Waals surface area contributed by atoms with Gasteiger partial charge in [0.2, 0.25) is 0 Å². The van der Waals surface area contributed by atoms with E-state index in [0.717, 1.165) is 12.5 Å². The van der Waals surface area contributed by atoms with Crippen LogP contribution in [0.3, 0.4) is 0 Å². The summed E-state index contributed by atoms with van der Waals surface area (Å²) in [5.41, 5.74) is 0. The number of pyridine rings is 1. The standard InChI is InChI=1S/C11H15F2N3O/c1-14-10-8(12)5-9(13)11(15-10)16-4-3-7(6-16)17-2/h5,7H,3-4,6H2,1-2H3,(H,14,15). The lowest BCUT2D eigenvalue weighted by atomic mass is 10.3. The predicted octanol–water partition coefficient (Wildman–Crippen LogP) is 1.63. The Morgan fingerprint density at radius 2 is 2.24 bits per heavy atom. The molecule has 1 aromatic heterocycles. The van der Waals surface area contributed by atoms with E-state index < -0.39 is 11.6 Å². The van der Waals surface area contributed by atoms with Crippen molar-refractivity contribution in [2.45, 2.75) is 12.5 Å². The van der Waals surface area contributed by atoms with Crippen LogP contribution in [0.25, 0.3) is 0 Å². The summed E-state index contributed by atoms with van der Waals surface area (Å²) in [7, 11) is 3.18. The first kappa shape index (κ1) is 12.0. The van der Waals surface area contributed by atoms with Crippen LogP contribution in [0.5, 0.6) is 0 Å². The second-order valence-corrected chi connectivity index (χ2v) is 3.97. The zero-order chi connectivity index (χ0) is 12.4. The number of aromatic nitrogens is 1. The highest BCUT2D eigenvalue weighted by atomic mass is 19.1. The molecular weight excluding hydrogens is 228 g/mol. The lowest BCUT2D eigenvalue weighted by molar-refractivity contribution is 0.121. The Morgan fingerprint density at radius 1 is 1.47 bits per heavy atom. The maximum Gasteiger partial charge on any atom is 0.168 e. The third kappa shape index (κ3) is 2.31. The Balaban J connectivity index is 2.26. The van der Waals surface area contributed by atoms with Crippen molar-refractivity contribution in [2.75, 3.05) is 37.5 Å². The van der Waals surface area contributed by atoms with E-state index in [0.29, 0.717) is 13.1 Å². The van der Waals surface area contributed by atoms with E-state index in [1.807, 2.05) is 0 Å². The predicted molar refractivity (Wildman–Crippen MR) is 61.3 cm³/mol. The third-order valence-corrected chi connectivity index (χ3v) is 2.93. The van der Waals surface area contributed by atoms with Gasteiger partial charge in [-0.05, 0) is 6.42 Å². The molecule has 0 bridgehead atoms. The highest BCUT2D eigenvalue weighted by molar-refractivity contribution is 5.49. The van der Waals surface area contributed by atoms with Crippen molar-refractivity contribution >= 4 is 11.6 Å². The smallest absolute Gasteiger partial charge is 0.168 e. The average Bonchev–Trinajstić information content (AvgIpc) is 2.78. The summed E-state index contributed by atoms with van der Waals surface area (Å²) in [6, 6.07) is 0.855. The highest BCUT2D eigenvalue weighted by Crippen LogP contribution is 2.25. The van der Waals surface area contributed by atoms with Gasteiger partial charge in [-0.3, -0.25) is 0 Å². The van der Waals surface area contributed by atoms with Crippen LogP contribution in [0.4, 0.5) is 20.4 Å². The Morgan fingerprint density at radius 3 is 2.82 bits per heavy atom. The van der Waals surface area contributed by atoms with Crippen LogP contribution < -0.4 is 10.2 Å². The van der Waals surface area contributed by atoms with Gasteiger partial charge in [0.1, 0.15) is 0 Å². The molecule has 0 aliphatic carbocycles. The number of hydrogen-bond donors (Lipinski definition) is 1. The summed E-state index contributed by atoms with van der Waals surface area (Å²) >= 11 is 0. The van der Waals surface area contributed by atoms with E-state index in [4.69, 9.17) is 4.74 Å². The number of halogens is 2. The van der Waals surface area contributed by atoms with Gasteiger partial charge in [-0.2, -0.15) is 0 Å². The van der Waals surface area contributed by atoms with E-state index in [1.54, 1.807) is 19.1 Å². The maximum absolute atomic E-state index is 13.6. The molecule has 0 spiro atoms. The van der Waals surface area contributed by atoms with Gasteiger partial charge in [0, 0.05) is 33.3 Å². The minimum Gasteiger partial charge on any atom is -0.380 e. The summed E-state index contributed by atoms with van der Waals surface area (Å²) in [4.78, 5) is 5.72. The molecule has 94 valence electrons. The molecule has 1 aliphatic rings. The number of rotatable bonds is 3. The Labute approximate surface area is 98.6 Å². The summed E-state index contributed by atoms with van der Waals surface area (Å²) in [5.74, 6) is -1.09. The van der Waals surface area contributed by atoms with Gasteiger partial charge < -0.3 is 15.0 Å². The topological polar surface area (TPSA) is 37.4 Å². The molecule has 2 heterocycles. The van der Waals surface area contributed by atoms with E-state index in [9.17, 15) is 8.78 Å². The minimum absolute atomic E-state index is 0.0577. The fraction of sp³-hybridized carbons (Fsp3) is 0.545. The summed E-state index contributed by atoms with van der Waals surface area (Å²) in [6.07, 6.45) is 0.906. The molecule has 0 radical (unpaired) electrons. The molecule has 0 aromatic carbocycles. The second kappa shape index (κ2) is 4.83. The summed E-state index contributed by atoms with van der Waals surface area (Å²) in [6.45, 7) is 1.24. The zero-order valence-corrected chi connectivity index (χ0v) is 9.83. The van der Waals surface area contributed by atoms with Crippen molar-refractivity contribution in [1.29, 1.82) is 0 Å². The number of ether oxygens (including phenoxy) is 1. The molecule has 0 saturated carbocycles. The fourth-order valence-electron chi connectivity index (χ4n) is 1.97. The molecule has 0 amide bonds. The van der Waals surface area contributed by atoms with Crippen molar-refractivity contribution in [3.8, 4) is 0 Å². The number of nitrogens with zero attached hydrogens (tertiary/aromatic N) is 2. The van der Waals surface area contributed by atoms with Crippen LogP contribution >= 0.6 is 0 Å². The summed E-state index contributed by atoms with van der Waals surface area (Å²) < 4.78 is 32.1. The normalized spacial score (nSPS) is 19.8. The first-order chi connectivity index (χ1) is 8.15. The van der Waals surface area contributed by atoms with Crippen LogP contribution in [0.1, 0.15) is 6.42 Å². The molecule has 1 fully saturated rings. The highest BCUT2D eigenvalue weighted by Gasteiger charge is 2.26. The van der Waals surface area contributed by atoms with Crippen molar-refractivity contribution in [3.05, 3.63) is 17.7 Å². The molecule has 1 N–H and O–H groups in total. The Hall–Kier alpha value is -1.43. The molecular formula is C11H15F2N3O. The first-order valence-corrected chi connectivity index (χ1v) is 5.47. The van der Waals surface area contributed by atoms with E-state index in [2.05, 4.69) is 10.3 Å². The SMILES string of the molecule is CNc1nc(N2CCC(OC)C2)c(F)cc1F. The largest absolute Gasteiger partial charge is 0.380 e. The average molecular weight is 243 g/mol. The molecule has 17 heavy (non-hydrogen) atoms. The lowest BCUT2D eigenvalue weighted by Gasteiger charge is -2.18. The fourth-order valence-corrected chi connectivity index (χ4v) is 1.97. The monoisotopic (exact) mass is 243 g/mol. The minimum atomic E-state index is -0.684. The molecule has 1 aliphatic heterocycles. The molecule has 1 aromatic rings. The lowest BCUT2D eigenvalue weighted by Crippen LogP contribution is -2.24. The first-order valence-electron chi connectivity index (χ1n) is 5.47.